The molecule has 0 radical (unpaired) electrons. The molecule has 6 heteroatoms. The fourth-order valence-corrected chi connectivity index (χ4v) is 4.17. The minimum Gasteiger partial charge on any atom is -0.473 e. The van der Waals surface area contributed by atoms with Crippen molar-refractivity contribution in [3.05, 3.63) is 105 Å². The second kappa shape index (κ2) is 9.62. The van der Waals surface area contributed by atoms with Crippen LogP contribution in [-0.2, 0) is 19.7 Å². The molecule has 1 aromatic carbocycles. The van der Waals surface area contributed by atoms with E-state index in [1.54, 1.807) is 17.5 Å². The van der Waals surface area contributed by atoms with Crippen LogP contribution in [0.2, 0.25) is 0 Å². The van der Waals surface area contributed by atoms with E-state index in [1.165, 1.54) is 4.88 Å². The van der Waals surface area contributed by atoms with Gasteiger partial charge in [-0.05, 0) is 48.6 Å². The second-order valence-corrected chi connectivity index (χ2v) is 8.44. The Bertz CT molecular complexity index is 1150. The van der Waals surface area contributed by atoms with Gasteiger partial charge in [-0.2, -0.15) is 0 Å². The van der Waals surface area contributed by atoms with E-state index in [1.807, 2.05) is 68.4 Å². The number of benzene rings is 1. The minimum absolute atomic E-state index is 0.0749. The van der Waals surface area contributed by atoms with Crippen molar-refractivity contribution in [2.45, 2.75) is 33.5 Å². The third-order valence-corrected chi connectivity index (χ3v) is 6.06. The van der Waals surface area contributed by atoms with Gasteiger partial charge in [0.15, 0.2) is 0 Å². The summed E-state index contributed by atoms with van der Waals surface area (Å²) in [4.78, 5) is 18.4. The molecule has 3 heterocycles. The van der Waals surface area contributed by atoms with E-state index in [-0.39, 0.29) is 5.91 Å². The van der Waals surface area contributed by atoms with Crippen LogP contribution in [0.3, 0.4) is 0 Å². The Labute approximate surface area is 186 Å². The van der Waals surface area contributed by atoms with E-state index < -0.39 is 0 Å². The highest BCUT2D eigenvalue weighted by molar-refractivity contribution is 7.09. The summed E-state index contributed by atoms with van der Waals surface area (Å²) in [5.74, 6) is 0.471. The third kappa shape index (κ3) is 5.22. The largest absolute Gasteiger partial charge is 0.473 e. The number of nitrogens with zero attached hydrogens (tertiary/aromatic N) is 2. The first-order valence-corrected chi connectivity index (χ1v) is 11.1. The first-order valence-electron chi connectivity index (χ1n) is 10.2. The Kier molecular flexibility index (Phi) is 6.48. The Morgan fingerprint density at radius 2 is 1.90 bits per heavy atom. The predicted octanol–water partition coefficient (Wildman–Crippen LogP) is 5.12. The number of rotatable bonds is 8. The molecule has 158 valence electrons. The number of hydrogen-bond acceptors (Lipinski definition) is 4. The minimum atomic E-state index is -0.0749. The summed E-state index contributed by atoms with van der Waals surface area (Å²) >= 11 is 1.72. The lowest BCUT2D eigenvalue weighted by atomic mass is 10.2. The van der Waals surface area contributed by atoms with Crippen LogP contribution in [0.5, 0.6) is 5.88 Å². The molecule has 1 N–H and O–H groups in total. The van der Waals surface area contributed by atoms with Crippen molar-refractivity contribution in [2.24, 2.45) is 0 Å². The van der Waals surface area contributed by atoms with Crippen molar-refractivity contribution < 1.29 is 9.53 Å². The standard InChI is InChI=1S/C25H25N3O2S/c1-18-13-23(19(2)28(18)16-22-9-6-12-31-22)25(29)27-15-21-10-11-26-24(14-21)30-17-20-7-4-3-5-8-20/h3-14H,15-17H2,1-2H3,(H,27,29). The molecule has 31 heavy (non-hydrogen) atoms. The van der Waals surface area contributed by atoms with Crippen LogP contribution in [-0.4, -0.2) is 15.5 Å². The molecule has 4 aromatic rings. The maximum absolute atomic E-state index is 12.8. The SMILES string of the molecule is Cc1cc(C(=O)NCc2ccnc(OCc3ccccc3)c2)c(C)n1Cc1cccs1. The molecule has 0 atom stereocenters. The Morgan fingerprint density at radius 3 is 2.68 bits per heavy atom. The number of ether oxygens (including phenoxy) is 1. The van der Waals surface area contributed by atoms with E-state index in [0.717, 1.165) is 29.1 Å². The second-order valence-electron chi connectivity index (χ2n) is 7.41. The Morgan fingerprint density at radius 1 is 1.06 bits per heavy atom. The maximum atomic E-state index is 12.8. The van der Waals surface area contributed by atoms with Crippen LogP contribution in [0.1, 0.15) is 37.7 Å². The lowest BCUT2D eigenvalue weighted by molar-refractivity contribution is 0.0950. The van der Waals surface area contributed by atoms with E-state index in [9.17, 15) is 4.79 Å². The number of amides is 1. The van der Waals surface area contributed by atoms with Crippen molar-refractivity contribution in [1.82, 2.24) is 14.9 Å². The zero-order valence-corrected chi connectivity index (χ0v) is 18.5. The molecule has 0 spiro atoms. The van der Waals surface area contributed by atoms with Gasteiger partial charge >= 0.3 is 0 Å². The highest BCUT2D eigenvalue weighted by atomic mass is 32.1. The van der Waals surface area contributed by atoms with Crippen molar-refractivity contribution in [1.29, 1.82) is 0 Å². The van der Waals surface area contributed by atoms with E-state index in [0.29, 0.717) is 24.6 Å². The van der Waals surface area contributed by atoms with Gasteiger partial charge in [-0.3, -0.25) is 4.79 Å². The summed E-state index contributed by atoms with van der Waals surface area (Å²) in [5.41, 5.74) is 4.80. The van der Waals surface area contributed by atoms with Gasteiger partial charge in [0.25, 0.3) is 5.91 Å². The molecule has 0 aliphatic heterocycles. The monoisotopic (exact) mass is 431 g/mol. The molecule has 0 fully saturated rings. The molecule has 0 aliphatic rings. The fraction of sp³-hybridized carbons (Fsp3) is 0.200. The van der Waals surface area contributed by atoms with Gasteiger partial charge in [-0.15, -0.1) is 11.3 Å². The van der Waals surface area contributed by atoms with Gasteiger partial charge in [-0.25, -0.2) is 4.98 Å². The molecule has 0 saturated carbocycles. The first kappa shape index (κ1) is 20.9. The van der Waals surface area contributed by atoms with Crippen LogP contribution in [0.15, 0.2) is 72.2 Å². The van der Waals surface area contributed by atoms with Gasteiger partial charge in [0.2, 0.25) is 5.88 Å². The van der Waals surface area contributed by atoms with Gasteiger partial charge < -0.3 is 14.6 Å². The van der Waals surface area contributed by atoms with Crippen LogP contribution < -0.4 is 10.1 Å². The van der Waals surface area contributed by atoms with Crippen molar-refractivity contribution >= 4 is 17.2 Å². The molecule has 0 aliphatic carbocycles. The summed E-state index contributed by atoms with van der Waals surface area (Å²) in [6, 6.07) is 19.8. The number of thiophene rings is 1. The van der Waals surface area contributed by atoms with E-state index in [4.69, 9.17) is 4.74 Å². The Balaban J connectivity index is 1.37. The highest BCUT2D eigenvalue weighted by Gasteiger charge is 2.16. The normalized spacial score (nSPS) is 10.8. The van der Waals surface area contributed by atoms with Crippen LogP contribution in [0.4, 0.5) is 0 Å². The number of pyridine rings is 1. The first-order chi connectivity index (χ1) is 15.1. The zero-order chi connectivity index (χ0) is 21.6. The quantitative estimate of drug-likeness (QED) is 0.421. The molecule has 0 saturated heterocycles. The molecule has 1 amide bonds. The summed E-state index contributed by atoms with van der Waals surface area (Å²) in [5, 5.41) is 5.10. The number of aromatic nitrogens is 2. The smallest absolute Gasteiger partial charge is 0.253 e. The lowest BCUT2D eigenvalue weighted by Crippen LogP contribution is -2.23. The number of hydrogen-bond donors (Lipinski definition) is 1. The van der Waals surface area contributed by atoms with Crippen LogP contribution >= 0.6 is 11.3 Å². The number of carbonyl (C=O) groups is 1. The number of nitrogens with one attached hydrogen (secondary N) is 1. The molecular formula is C25H25N3O2S. The number of aryl methyl sites for hydroxylation is 1. The summed E-state index contributed by atoms with van der Waals surface area (Å²) in [6.45, 7) is 5.70. The average molecular weight is 432 g/mol. The topological polar surface area (TPSA) is 56.1 Å². The molecule has 4 rings (SSSR count). The molecule has 5 nitrogen and oxygen atoms in total. The predicted molar refractivity (Wildman–Crippen MR) is 124 cm³/mol. The average Bonchev–Trinajstić information content (AvgIpc) is 3.41. The van der Waals surface area contributed by atoms with E-state index >= 15 is 0 Å². The summed E-state index contributed by atoms with van der Waals surface area (Å²) < 4.78 is 7.97. The summed E-state index contributed by atoms with van der Waals surface area (Å²) in [7, 11) is 0. The maximum Gasteiger partial charge on any atom is 0.253 e. The van der Waals surface area contributed by atoms with Gasteiger partial charge in [0.05, 0.1) is 12.1 Å². The Hall–Kier alpha value is -3.38. The van der Waals surface area contributed by atoms with E-state index in [2.05, 4.69) is 26.3 Å². The fourth-order valence-electron chi connectivity index (χ4n) is 3.48. The van der Waals surface area contributed by atoms with Crippen molar-refractivity contribution in [3.8, 4) is 5.88 Å². The molecule has 3 aromatic heterocycles. The lowest BCUT2D eigenvalue weighted by Gasteiger charge is -2.10. The van der Waals surface area contributed by atoms with Crippen molar-refractivity contribution in [3.63, 3.8) is 0 Å². The van der Waals surface area contributed by atoms with Crippen LogP contribution in [0, 0.1) is 13.8 Å². The molecular weight excluding hydrogens is 406 g/mol. The van der Waals surface area contributed by atoms with Crippen molar-refractivity contribution in [2.75, 3.05) is 0 Å². The highest BCUT2D eigenvalue weighted by Crippen LogP contribution is 2.19. The molecule has 0 bridgehead atoms. The molecule has 0 unspecified atom stereocenters. The van der Waals surface area contributed by atoms with Gasteiger partial charge in [-0.1, -0.05) is 36.4 Å². The van der Waals surface area contributed by atoms with Gasteiger partial charge in [0, 0.05) is 35.1 Å². The van der Waals surface area contributed by atoms with Crippen LogP contribution in [0.25, 0.3) is 0 Å². The zero-order valence-electron chi connectivity index (χ0n) is 17.7. The third-order valence-electron chi connectivity index (χ3n) is 5.19. The van der Waals surface area contributed by atoms with Gasteiger partial charge in [0.1, 0.15) is 6.61 Å². The summed E-state index contributed by atoms with van der Waals surface area (Å²) in [6.07, 6.45) is 1.70. The number of carbonyl (C=O) groups excluding carboxylic acids is 1.